The molecule has 0 saturated heterocycles. The summed E-state index contributed by atoms with van der Waals surface area (Å²) in [4.78, 5) is 9.26. The molecule has 4 nitrogen and oxygen atoms in total. The standard InChI is InChI=1S/C18H20N4/c1-3-12-19-17-14-9-5-7-11-16(14)21-18(22-17)20-15-10-6-4-8-13(15)2/h4-11H,3,12H2,1-2H3,(H2,19,20,21,22). The number of anilines is 3. The van der Waals surface area contributed by atoms with E-state index >= 15 is 0 Å². The Morgan fingerprint density at radius 3 is 2.55 bits per heavy atom. The zero-order valence-electron chi connectivity index (χ0n) is 12.9. The highest BCUT2D eigenvalue weighted by Crippen LogP contribution is 2.24. The molecule has 0 fully saturated rings. The molecule has 0 amide bonds. The zero-order chi connectivity index (χ0) is 15.4. The van der Waals surface area contributed by atoms with E-state index in [0.29, 0.717) is 5.95 Å². The summed E-state index contributed by atoms with van der Waals surface area (Å²) in [5, 5.41) is 7.75. The molecule has 22 heavy (non-hydrogen) atoms. The van der Waals surface area contributed by atoms with Crippen molar-refractivity contribution in [2.45, 2.75) is 20.3 Å². The van der Waals surface area contributed by atoms with Gasteiger partial charge in [0.25, 0.3) is 0 Å². The maximum Gasteiger partial charge on any atom is 0.229 e. The predicted octanol–water partition coefficient (Wildman–Crippen LogP) is 4.50. The lowest BCUT2D eigenvalue weighted by Gasteiger charge is -2.12. The van der Waals surface area contributed by atoms with E-state index in [4.69, 9.17) is 0 Å². The van der Waals surface area contributed by atoms with Crippen LogP contribution in [0.4, 0.5) is 17.5 Å². The molecule has 1 aromatic heterocycles. The molecule has 0 aliphatic carbocycles. The number of para-hydroxylation sites is 2. The van der Waals surface area contributed by atoms with Crippen molar-refractivity contribution in [2.75, 3.05) is 17.2 Å². The molecule has 112 valence electrons. The van der Waals surface area contributed by atoms with Gasteiger partial charge in [-0.3, -0.25) is 0 Å². The normalized spacial score (nSPS) is 10.6. The number of fused-ring (bicyclic) bond motifs is 1. The van der Waals surface area contributed by atoms with Gasteiger partial charge < -0.3 is 10.6 Å². The van der Waals surface area contributed by atoms with Gasteiger partial charge in [0.05, 0.1) is 5.52 Å². The van der Waals surface area contributed by atoms with Gasteiger partial charge in [-0.2, -0.15) is 4.98 Å². The Balaban J connectivity index is 2.01. The summed E-state index contributed by atoms with van der Waals surface area (Å²) in [6.45, 7) is 5.10. The summed E-state index contributed by atoms with van der Waals surface area (Å²) in [6, 6.07) is 16.2. The third kappa shape index (κ3) is 3.01. The number of benzene rings is 2. The first-order valence-corrected chi connectivity index (χ1v) is 7.61. The highest BCUT2D eigenvalue weighted by Gasteiger charge is 2.08. The number of aromatic nitrogens is 2. The average Bonchev–Trinajstić information content (AvgIpc) is 2.55. The third-order valence-corrected chi connectivity index (χ3v) is 3.54. The van der Waals surface area contributed by atoms with Crippen LogP contribution in [0.2, 0.25) is 0 Å². The largest absolute Gasteiger partial charge is 0.369 e. The number of nitrogens with one attached hydrogen (secondary N) is 2. The smallest absolute Gasteiger partial charge is 0.229 e. The molecule has 1 heterocycles. The Kier molecular flexibility index (Phi) is 4.19. The van der Waals surface area contributed by atoms with Gasteiger partial charge in [0.1, 0.15) is 5.82 Å². The monoisotopic (exact) mass is 292 g/mol. The van der Waals surface area contributed by atoms with Crippen LogP contribution in [0, 0.1) is 6.92 Å². The van der Waals surface area contributed by atoms with E-state index in [1.54, 1.807) is 0 Å². The second-order valence-electron chi connectivity index (χ2n) is 5.28. The lowest BCUT2D eigenvalue weighted by atomic mass is 10.2. The van der Waals surface area contributed by atoms with Crippen LogP contribution in [0.1, 0.15) is 18.9 Å². The Morgan fingerprint density at radius 2 is 1.73 bits per heavy atom. The second-order valence-corrected chi connectivity index (χ2v) is 5.28. The summed E-state index contributed by atoms with van der Waals surface area (Å²) in [5.41, 5.74) is 3.13. The summed E-state index contributed by atoms with van der Waals surface area (Å²) in [6.07, 6.45) is 1.05. The molecule has 3 rings (SSSR count). The van der Waals surface area contributed by atoms with Crippen LogP contribution in [0.15, 0.2) is 48.5 Å². The topological polar surface area (TPSA) is 49.8 Å². The molecule has 4 heteroatoms. The van der Waals surface area contributed by atoms with Gasteiger partial charge in [-0.1, -0.05) is 37.3 Å². The van der Waals surface area contributed by atoms with Gasteiger partial charge in [0.15, 0.2) is 0 Å². The van der Waals surface area contributed by atoms with E-state index in [9.17, 15) is 0 Å². The molecule has 2 N–H and O–H groups in total. The predicted molar refractivity (Wildman–Crippen MR) is 92.8 cm³/mol. The zero-order valence-corrected chi connectivity index (χ0v) is 12.9. The van der Waals surface area contributed by atoms with Gasteiger partial charge in [-0.15, -0.1) is 0 Å². The van der Waals surface area contributed by atoms with Crippen LogP contribution in [-0.2, 0) is 0 Å². The van der Waals surface area contributed by atoms with E-state index in [1.165, 1.54) is 5.56 Å². The van der Waals surface area contributed by atoms with Crippen molar-refractivity contribution < 1.29 is 0 Å². The SMILES string of the molecule is CCCNc1nc(Nc2ccccc2C)nc2ccccc12. The lowest BCUT2D eigenvalue weighted by Crippen LogP contribution is -2.06. The fourth-order valence-electron chi connectivity index (χ4n) is 2.34. The molecule has 0 aliphatic heterocycles. The first-order chi connectivity index (χ1) is 10.8. The highest BCUT2D eigenvalue weighted by molar-refractivity contribution is 5.90. The van der Waals surface area contributed by atoms with Crippen LogP contribution < -0.4 is 10.6 Å². The Morgan fingerprint density at radius 1 is 0.955 bits per heavy atom. The van der Waals surface area contributed by atoms with E-state index in [0.717, 1.165) is 35.4 Å². The fourth-order valence-corrected chi connectivity index (χ4v) is 2.34. The summed E-state index contributed by atoms with van der Waals surface area (Å²) >= 11 is 0. The molecule has 2 aromatic carbocycles. The minimum atomic E-state index is 0.617. The molecule has 0 spiro atoms. The lowest BCUT2D eigenvalue weighted by molar-refractivity contribution is 0.970. The first kappa shape index (κ1) is 14.3. The molecule has 3 aromatic rings. The molecular formula is C18H20N4. The maximum atomic E-state index is 4.64. The first-order valence-electron chi connectivity index (χ1n) is 7.61. The second kappa shape index (κ2) is 6.43. The van der Waals surface area contributed by atoms with E-state index in [1.807, 2.05) is 42.5 Å². The molecular weight excluding hydrogens is 272 g/mol. The molecule has 0 saturated carbocycles. The number of nitrogens with zero attached hydrogens (tertiary/aromatic N) is 2. The van der Waals surface area contributed by atoms with Gasteiger partial charge in [-0.05, 0) is 37.1 Å². The van der Waals surface area contributed by atoms with Crippen molar-refractivity contribution in [3.05, 3.63) is 54.1 Å². The molecule has 0 radical (unpaired) electrons. The number of rotatable bonds is 5. The Labute approximate surface area is 130 Å². The van der Waals surface area contributed by atoms with Gasteiger partial charge >= 0.3 is 0 Å². The van der Waals surface area contributed by atoms with Crippen molar-refractivity contribution in [1.29, 1.82) is 0 Å². The third-order valence-electron chi connectivity index (χ3n) is 3.54. The van der Waals surface area contributed by atoms with Crippen molar-refractivity contribution in [3.63, 3.8) is 0 Å². The van der Waals surface area contributed by atoms with Crippen molar-refractivity contribution in [3.8, 4) is 0 Å². The van der Waals surface area contributed by atoms with Crippen molar-refractivity contribution >= 4 is 28.4 Å². The minimum Gasteiger partial charge on any atom is -0.369 e. The number of aryl methyl sites for hydroxylation is 1. The van der Waals surface area contributed by atoms with Crippen molar-refractivity contribution in [2.24, 2.45) is 0 Å². The maximum absolute atomic E-state index is 4.64. The Bertz CT molecular complexity index is 783. The average molecular weight is 292 g/mol. The van der Waals surface area contributed by atoms with Crippen LogP contribution in [0.5, 0.6) is 0 Å². The summed E-state index contributed by atoms with van der Waals surface area (Å²) in [7, 11) is 0. The van der Waals surface area contributed by atoms with Crippen LogP contribution >= 0.6 is 0 Å². The minimum absolute atomic E-state index is 0.617. The summed E-state index contributed by atoms with van der Waals surface area (Å²) < 4.78 is 0. The molecule has 0 atom stereocenters. The van der Waals surface area contributed by atoms with E-state index < -0.39 is 0 Å². The molecule has 0 unspecified atom stereocenters. The molecule has 0 aliphatic rings. The van der Waals surface area contributed by atoms with Gasteiger partial charge in [0, 0.05) is 17.6 Å². The fraction of sp³-hybridized carbons (Fsp3) is 0.222. The Hall–Kier alpha value is -2.62. The quantitative estimate of drug-likeness (QED) is 0.726. The van der Waals surface area contributed by atoms with Crippen LogP contribution in [0.25, 0.3) is 10.9 Å². The van der Waals surface area contributed by atoms with Crippen LogP contribution in [0.3, 0.4) is 0 Å². The van der Waals surface area contributed by atoms with E-state index in [-0.39, 0.29) is 0 Å². The number of hydrogen-bond acceptors (Lipinski definition) is 4. The van der Waals surface area contributed by atoms with Gasteiger partial charge in [-0.25, -0.2) is 4.98 Å². The van der Waals surface area contributed by atoms with Crippen LogP contribution in [-0.4, -0.2) is 16.5 Å². The highest BCUT2D eigenvalue weighted by atomic mass is 15.1. The van der Waals surface area contributed by atoms with Crippen molar-refractivity contribution in [1.82, 2.24) is 9.97 Å². The van der Waals surface area contributed by atoms with E-state index in [2.05, 4.69) is 40.5 Å². The van der Waals surface area contributed by atoms with Gasteiger partial charge in [0.2, 0.25) is 5.95 Å². The molecule has 0 bridgehead atoms. The summed E-state index contributed by atoms with van der Waals surface area (Å²) in [5.74, 6) is 1.50. The number of hydrogen-bond donors (Lipinski definition) is 2.